The molecule has 2 rings (SSSR count). The molecule has 0 aliphatic carbocycles. The lowest BCUT2D eigenvalue weighted by Crippen LogP contribution is -1.99. The SMILES string of the molecule is O=C(O)c1cccn2cc(F)nc12. The van der Waals surface area contributed by atoms with Crippen molar-refractivity contribution in [3.8, 4) is 0 Å². The second kappa shape index (κ2) is 2.55. The highest BCUT2D eigenvalue weighted by Gasteiger charge is 2.10. The summed E-state index contributed by atoms with van der Waals surface area (Å²) < 4.78 is 14.0. The fraction of sp³-hybridized carbons (Fsp3) is 0. The van der Waals surface area contributed by atoms with Crippen molar-refractivity contribution in [3.63, 3.8) is 0 Å². The van der Waals surface area contributed by atoms with Gasteiger partial charge in [-0.2, -0.15) is 9.37 Å². The molecule has 0 aromatic carbocycles. The van der Waals surface area contributed by atoms with E-state index in [1.165, 1.54) is 22.7 Å². The second-order valence-corrected chi connectivity index (χ2v) is 2.52. The normalized spacial score (nSPS) is 10.5. The van der Waals surface area contributed by atoms with E-state index in [1.54, 1.807) is 0 Å². The van der Waals surface area contributed by atoms with E-state index < -0.39 is 11.9 Å². The lowest BCUT2D eigenvalue weighted by molar-refractivity contribution is 0.0698. The maximum absolute atomic E-state index is 12.6. The number of aromatic nitrogens is 2. The van der Waals surface area contributed by atoms with Gasteiger partial charge in [-0.3, -0.25) is 0 Å². The standard InChI is InChI=1S/C8H5FN2O2/c9-6-4-11-3-1-2-5(8(12)13)7(11)10-6/h1-4H,(H,12,13). The lowest BCUT2D eigenvalue weighted by Gasteiger charge is -1.95. The van der Waals surface area contributed by atoms with Gasteiger partial charge in [0.1, 0.15) is 5.56 Å². The van der Waals surface area contributed by atoms with Crippen molar-refractivity contribution in [3.05, 3.63) is 36.0 Å². The molecule has 5 heteroatoms. The van der Waals surface area contributed by atoms with Gasteiger partial charge < -0.3 is 9.51 Å². The molecule has 2 aromatic rings. The summed E-state index contributed by atoms with van der Waals surface area (Å²) in [4.78, 5) is 14.1. The molecule has 0 aliphatic rings. The van der Waals surface area contributed by atoms with Crippen LogP contribution in [0.3, 0.4) is 0 Å². The van der Waals surface area contributed by atoms with E-state index >= 15 is 0 Å². The van der Waals surface area contributed by atoms with Crippen LogP contribution in [-0.4, -0.2) is 20.5 Å². The molecule has 0 bridgehead atoms. The van der Waals surface area contributed by atoms with Crippen LogP contribution in [0.4, 0.5) is 4.39 Å². The molecule has 2 aromatic heterocycles. The van der Waals surface area contributed by atoms with Crippen LogP contribution in [0.1, 0.15) is 10.4 Å². The highest BCUT2D eigenvalue weighted by molar-refractivity contribution is 5.94. The van der Waals surface area contributed by atoms with Crippen LogP contribution >= 0.6 is 0 Å². The number of pyridine rings is 1. The minimum Gasteiger partial charge on any atom is -0.478 e. The van der Waals surface area contributed by atoms with Crippen molar-refractivity contribution in [1.82, 2.24) is 9.38 Å². The first-order valence-electron chi connectivity index (χ1n) is 3.55. The first-order chi connectivity index (χ1) is 6.18. The van der Waals surface area contributed by atoms with Crippen molar-refractivity contribution in [2.75, 3.05) is 0 Å². The van der Waals surface area contributed by atoms with Crippen LogP contribution in [0, 0.1) is 5.95 Å². The summed E-state index contributed by atoms with van der Waals surface area (Å²) >= 11 is 0. The summed E-state index contributed by atoms with van der Waals surface area (Å²) in [5.74, 6) is -1.80. The van der Waals surface area contributed by atoms with Crippen LogP contribution in [0.5, 0.6) is 0 Å². The molecule has 0 unspecified atom stereocenters. The van der Waals surface area contributed by atoms with E-state index in [4.69, 9.17) is 5.11 Å². The number of fused-ring (bicyclic) bond motifs is 1. The van der Waals surface area contributed by atoms with Crippen LogP contribution in [0.15, 0.2) is 24.5 Å². The number of carbonyl (C=O) groups is 1. The number of aromatic carboxylic acids is 1. The van der Waals surface area contributed by atoms with E-state index in [1.807, 2.05) is 0 Å². The van der Waals surface area contributed by atoms with Gasteiger partial charge in [0.05, 0.1) is 6.20 Å². The van der Waals surface area contributed by atoms with Crippen molar-refractivity contribution < 1.29 is 14.3 Å². The number of rotatable bonds is 1. The van der Waals surface area contributed by atoms with E-state index in [2.05, 4.69) is 4.98 Å². The van der Waals surface area contributed by atoms with Crippen LogP contribution in [0.25, 0.3) is 5.65 Å². The Balaban J connectivity index is 2.82. The summed E-state index contributed by atoms with van der Waals surface area (Å²) in [5.41, 5.74) is 0.110. The van der Waals surface area contributed by atoms with Gasteiger partial charge in [0, 0.05) is 6.20 Å². The van der Waals surface area contributed by atoms with E-state index in [0.717, 1.165) is 6.20 Å². The number of hydrogen-bond donors (Lipinski definition) is 1. The Labute approximate surface area is 72.3 Å². The Morgan fingerprint density at radius 2 is 2.38 bits per heavy atom. The van der Waals surface area contributed by atoms with Gasteiger partial charge in [-0.25, -0.2) is 4.79 Å². The van der Waals surface area contributed by atoms with Crippen LogP contribution in [-0.2, 0) is 0 Å². The first kappa shape index (κ1) is 7.72. The summed E-state index contributed by atoms with van der Waals surface area (Å²) in [5, 5.41) is 8.72. The van der Waals surface area contributed by atoms with Gasteiger partial charge in [-0.1, -0.05) is 0 Å². The molecule has 0 spiro atoms. The van der Waals surface area contributed by atoms with Gasteiger partial charge >= 0.3 is 5.97 Å². The average molecular weight is 180 g/mol. The molecule has 0 aliphatic heterocycles. The molecule has 0 amide bonds. The predicted octanol–water partition coefficient (Wildman–Crippen LogP) is 1.17. The zero-order chi connectivity index (χ0) is 9.42. The molecule has 0 atom stereocenters. The quantitative estimate of drug-likeness (QED) is 0.716. The summed E-state index contributed by atoms with van der Waals surface area (Å²) in [6.45, 7) is 0. The minimum atomic E-state index is -1.11. The molecule has 0 fully saturated rings. The third-order valence-electron chi connectivity index (χ3n) is 1.68. The Bertz CT molecular complexity index is 478. The fourth-order valence-corrected chi connectivity index (χ4v) is 1.15. The van der Waals surface area contributed by atoms with Crippen molar-refractivity contribution in [2.45, 2.75) is 0 Å². The Morgan fingerprint density at radius 3 is 3.08 bits per heavy atom. The number of nitrogens with zero attached hydrogens (tertiary/aromatic N) is 2. The predicted molar refractivity (Wildman–Crippen MR) is 42.1 cm³/mol. The highest BCUT2D eigenvalue weighted by Crippen LogP contribution is 2.09. The van der Waals surface area contributed by atoms with Gasteiger partial charge in [-0.05, 0) is 12.1 Å². The molecule has 2 heterocycles. The monoisotopic (exact) mass is 180 g/mol. The molecule has 0 saturated carbocycles. The Hall–Kier alpha value is -1.91. The van der Waals surface area contributed by atoms with E-state index in [9.17, 15) is 9.18 Å². The highest BCUT2D eigenvalue weighted by atomic mass is 19.1. The third kappa shape index (κ3) is 1.14. The molecule has 4 nitrogen and oxygen atoms in total. The number of halogens is 1. The van der Waals surface area contributed by atoms with Gasteiger partial charge in [0.15, 0.2) is 5.65 Å². The zero-order valence-corrected chi connectivity index (χ0v) is 6.44. The molecule has 13 heavy (non-hydrogen) atoms. The lowest BCUT2D eigenvalue weighted by atomic mass is 10.3. The van der Waals surface area contributed by atoms with Gasteiger partial charge in [0.2, 0.25) is 5.95 Å². The number of imidazole rings is 1. The topological polar surface area (TPSA) is 54.6 Å². The third-order valence-corrected chi connectivity index (χ3v) is 1.68. The molecule has 0 saturated heterocycles. The molecular weight excluding hydrogens is 175 g/mol. The van der Waals surface area contributed by atoms with E-state index in [-0.39, 0.29) is 11.2 Å². The zero-order valence-electron chi connectivity index (χ0n) is 6.44. The smallest absolute Gasteiger partial charge is 0.339 e. The summed E-state index contributed by atoms with van der Waals surface area (Å²) in [6, 6.07) is 2.90. The number of hydrogen-bond acceptors (Lipinski definition) is 2. The minimum absolute atomic E-state index is 0.00796. The molecule has 1 N–H and O–H groups in total. The Kier molecular flexibility index (Phi) is 1.51. The number of carboxylic acids is 1. The summed E-state index contributed by atoms with van der Waals surface area (Å²) in [6.07, 6.45) is 2.67. The first-order valence-corrected chi connectivity index (χ1v) is 3.55. The van der Waals surface area contributed by atoms with Gasteiger partial charge in [-0.15, -0.1) is 0 Å². The van der Waals surface area contributed by atoms with Crippen molar-refractivity contribution in [2.24, 2.45) is 0 Å². The second-order valence-electron chi connectivity index (χ2n) is 2.52. The maximum atomic E-state index is 12.6. The molecular formula is C8H5FN2O2. The number of carboxylic acid groups (broad SMARTS) is 1. The average Bonchev–Trinajstić information content (AvgIpc) is 2.43. The largest absolute Gasteiger partial charge is 0.478 e. The van der Waals surface area contributed by atoms with Crippen molar-refractivity contribution in [1.29, 1.82) is 0 Å². The van der Waals surface area contributed by atoms with Gasteiger partial charge in [0.25, 0.3) is 0 Å². The van der Waals surface area contributed by atoms with Crippen molar-refractivity contribution >= 4 is 11.6 Å². The molecule has 0 radical (unpaired) electrons. The molecule has 66 valence electrons. The van der Waals surface area contributed by atoms with E-state index in [0.29, 0.717) is 0 Å². The fourth-order valence-electron chi connectivity index (χ4n) is 1.15. The summed E-state index contributed by atoms with van der Waals surface area (Å²) in [7, 11) is 0. The van der Waals surface area contributed by atoms with Crippen LogP contribution < -0.4 is 0 Å². The van der Waals surface area contributed by atoms with Crippen LogP contribution in [0.2, 0.25) is 0 Å². The Morgan fingerprint density at radius 1 is 1.62 bits per heavy atom. The maximum Gasteiger partial charge on any atom is 0.339 e.